The van der Waals surface area contributed by atoms with Crippen molar-refractivity contribution < 1.29 is 18.3 Å². The number of benzene rings is 1. The Bertz CT molecular complexity index is 445. The van der Waals surface area contributed by atoms with Crippen LogP contribution in [0, 0.1) is 0 Å². The van der Waals surface area contributed by atoms with Crippen LogP contribution in [0.2, 0.25) is 0 Å². The summed E-state index contributed by atoms with van der Waals surface area (Å²) in [6.07, 6.45) is 0.250. The lowest BCUT2D eigenvalue weighted by Gasteiger charge is -2.20. The van der Waals surface area contributed by atoms with Gasteiger partial charge in [-0.3, -0.25) is 4.79 Å². The summed E-state index contributed by atoms with van der Waals surface area (Å²) in [4.78, 5) is 11.7. The normalized spacial score (nSPS) is 11.5. The Kier molecular flexibility index (Phi) is 5.88. The van der Waals surface area contributed by atoms with Gasteiger partial charge >= 0.3 is 6.61 Å². The molecule has 0 heterocycles. The minimum atomic E-state index is -2.92. The van der Waals surface area contributed by atoms with E-state index in [2.05, 4.69) is 15.4 Å². The molecule has 6 heteroatoms. The van der Waals surface area contributed by atoms with E-state index in [1.807, 2.05) is 20.8 Å². The van der Waals surface area contributed by atoms with Crippen LogP contribution >= 0.6 is 0 Å². The Labute approximate surface area is 117 Å². The molecule has 1 aromatic carbocycles. The third-order valence-corrected chi connectivity index (χ3v) is 2.38. The summed E-state index contributed by atoms with van der Waals surface area (Å²) < 4.78 is 28.8. The second-order valence-corrected chi connectivity index (χ2v) is 5.35. The number of hydrogen-bond donors (Lipinski definition) is 2. The number of hydrogen-bond acceptors (Lipinski definition) is 3. The molecule has 112 valence electrons. The number of amides is 1. The first-order chi connectivity index (χ1) is 9.28. The molecule has 1 amide bonds. The van der Waals surface area contributed by atoms with Crippen molar-refractivity contribution in [2.24, 2.45) is 0 Å². The van der Waals surface area contributed by atoms with E-state index in [9.17, 15) is 13.6 Å². The molecule has 0 aliphatic heterocycles. The van der Waals surface area contributed by atoms with Crippen molar-refractivity contribution in [2.45, 2.75) is 39.3 Å². The Hall–Kier alpha value is -1.69. The van der Waals surface area contributed by atoms with E-state index in [0.29, 0.717) is 6.54 Å². The van der Waals surface area contributed by atoms with E-state index in [1.165, 1.54) is 12.1 Å². The number of halogens is 2. The van der Waals surface area contributed by atoms with Gasteiger partial charge in [-0.15, -0.1) is 0 Å². The van der Waals surface area contributed by atoms with Crippen molar-refractivity contribution in [3.05, 3.63) is 24.3 Å². The summed E-state index contributed by atoms with van der Waals surface area (Å²) in [5, 5.41) is 5.74. The van der Waals surface area contributed by atoms with Gasteiger partial charge in [0.05, 0.1) is 5.69 Å². The maximum absolute atomic E-state index is 12.2. The highest BCUT2D eigenvalue weighted by molar-refractivity contribution is 5.92. The van der Waals surface area contributed by atoms with Crippen LogP contribution in [0.15, 0.2) is 24.3 Å². The van der Waals surface area contributed by atoms with Crippen molar-refractivity contribution in [3.63, 3.8) is 0 Å². The van der Waals surface area contributed by atoms with Crippen molar-refractivity contribution in [2.75, 3.05) is 11.9 Å². The molecule has 2 N–H and O–H groups in total. The number of carbonyl (C=O) groups excluding carboxylic acids is 1. The zero-order valence-corrected chi connectivity index (χ0v) is 11.9. The zero-order valence-electron chi connectivity index (χ0n) is 11.9. The number of anilines is 1. The average molecular weight is 286 g/mol. The summed E-state index contributed by atoms with van der Waals surface area (Å²) in [5.41, 5.74) is 0.172. The summed E-state index contributed by atoms with van der Waals surface area (Å²) >= 11 is 0. The van der Waals surface area contributed by atoms with Crippen LogP contribution in [0.4, 0.5) is 14.5 Å². The smallest absolute Gasteiger partial charge is 0.387 e. The minimum absolute atomic E-state index is 0.0420. The predicted octanol–water partition coefficient (Wildman–Crippen LogP) is 3.00. The fraction of sp³-hybridized carbons (Fsp3) is 0.500. The second kappa shape index (κ2) is 7.19. The zero-order chi connectivity index (χ0) is 15.2. The first-order valence-electron chi connectivity index (χ1n) is 6.36. The Morgan fingerprint density at radius 3 is 2.55 bits per heavy atom. The van der Waals surface area contributed by atoms with Crippen molar-refractivity contribution in [1.29, 1.82) is 0 Å². The fourth-order valence-corrected chi connectivity index (χ4v) is 1.53. The molecular formula is C14H20F2N2O2. The molecule has 1 aromatic rings. The molecule has 20 heavy (non-hydrogen) atoms. The first kappa shape index (κ1) is 16.4. The Morgan fingerprint density at radius 1 is 1.30 bits per heavy atom. The van der Waals surface area contributed by atoms with Gasteiger partial charge in [-0.2, -0.15) is 8.78 Å². The van der Waals surface area contributed by atoms with Crippen LogP contribution in [0.3, 0.4) is 0 Å². The number of alkyl halides is 2. The highest BCUT2D eigenvalue weighted by Gasteiger charge is 2.13. The molecular weight excluding hydrogens is 266 g/mol. The van der Waals surface area contributed by atoms with Gasteiger partial charge in [-0.1, -0.05) is 12.1 Å². The second-order valence-electron chi connectivity index (χ2n) is 5.35. The van der Waals surface area contributed by atoms with E-state index >= 15 is 0 Å². The lowest BCUT2D eigenvalue weighted by Crippen LogP contribution is -2.37. The minimum Gasteiger partial charge on any atom is -0.433 e. The summed E-state index contributed by atoms with van der Waals surface area (Å²) in [7, 11) is 0. The fourth-order valence-electron chi connectivity index (χ4n) is 1.53. The molecule has 0 fully saturated rings. The number of rotatable bonds is 6. The Balaban J connectivity index is 2.53. The summed E-state index contributed by atoms with van der Waals surface area (Å²) in [6, 6.07) is 6.11. The van der Waals surface area contributed by atoms with Crippen LogP contribution < -0.4 is 15.4 Å². The van der Waals surface area contributed by atoms with Crippen molar-refractivity contribution >= 4 is 11.6 Å². The number of para-hydroxylation sites is 2. The molecule has 0 radical (unpaired) electrons. The van der Waals surface area contributed by atoms with Crippen LogP contribution in [0.25, 0.3) is 0 Å². The molecule has 0 aliphatic carbocycles. The van der Waals surface area contributed by atoms with Gasteiger partial charge in [0.2, 0.25) is 5.91 Å². The summed E-state index contributed by atoms with van der Waals surface area (Å²) in [5.74, 6) is -0.299. The van der Waals surface area contributed by atoms with Gasteiger partial charge in [0, 0.05) is 18.5 Å². The number of nitrogens with one attached hydrogen (secondary N) is 2. The van der Waals surface area contributed by atoms with Gasteiger partial charge in [0.15, 0.2) is 0 Å². The maximum Gasteiger partial charge on any atom is 0.387 e. The predicted molar refractivity (Wildman–Crippen MR) is 74.1 cm³/mol. The highest BCUT2D eigenvalue weighted by Crippen LogP contribution is 2.25. The van der Waals surface area contributed by atoms with Gasteiger partial charge in [0.25, 0.3) is 0 Å². The molecule has 4 nitrogen and oxygen atoms in total. The molecule has 0 aromatic heterocycles. The number of carbonyl (C=O) groups is 1. The third kappa shape index (κ3) is 6.47. The van der Waals surface area contributed by atoms with Gasteiger partial charge in [-0.25, -0.2) is 0 Å². The van der Waals surface area contributed by atoms with Crippen molar-refractivity contribution in [3.8, 4) is 5.75 Å². The maximum atomic E-state index is 12.2. The van der Waals surface area contributed by atoms with Crippen LogP contribution in [0.1, 0.15) is 27.2 Å². The van der Waals surface area contributed by atoms with E-state index in [0.717, 1.165) is 0 Å². The van der Waals surface area contributed by atoms with Gasteiger partial charge in [0.1, 0.15) is 5.75 Å². The average Bonchev–Trinajstić information content (AvgIpc) is 2.29. The molecule has 1 rings (SSSR count). The molecule has 0 saturated carbocycles. The van der Waals surface area contributed by atoms with Gasteiger partial charge in [-0.05, 0) is 32.9 Å². The standard InChI is InChI=1S/C14H20F2N2O2/c1-14(2,3)17-9-8-12(19)18-10-6-4-5-7-11(10)20-13(15)16/h4-7,13,17H,8-9H2,1-3H3,(H,18,19). The molecule has 0 spiro atoms. The summed E-state index contributed by atoms with van der Waals surface area (Å²) in [6.45, 7) is 3.58. The quantitative estimate of drug-likeness (QED) is 0.845. The van der Waals surface area contributed by atoms with E-state index in [4.69, 9.17) is 0 Å². The first-order valence-corrected chi connectivity index (χ1v) is 6.36. The monoisotopic (exact) mass is 286 g/mol. The van der Waals surface area contributed by atoms with Crippen LogP contribution in [-0.4, -0.2) is 24.6 Å². The SMILES string of the molecule is CC(C)(C)NCCC(=O)Nc1ccccc1OC(F)F. The molecule has 0 bridgehead atoms. The lowest BCUT2D eigenvalue weighted by atomic mass is 10.1. The highest BCUT2D eigenvalue weighted by atomic mass is 19.3. The largest absolute Gasteiger partial charge is 0.433 e. The van der Waals surface area contributed by atoms with Crippen LogP contribution in [-0.2, 0) is 4.79 Å². The van der Waals surface area contributed by atoms with Crippen LogP contribution in [0.5, 0.6) is 5.75 Å². The van der Waals surface area contributed by atoms with E-state index in [-0.39, 0.29) is 29.3 Å². The molecule has 0 saturated heterocycles. The van der Waals surface area contributed by atoms with E-state index in [1.54, 1.807) is 12.1 Å². The molecule has 0 unspecified atom stereocenters. The topological polar surface area (TPSA) is 50.4 Å². The third-order valence-electron chi connectivity index (χ3n) is 2.38. The molecule has 0 atom stereocenters. The van der Waals surface area contributed by atoms with Gasteiger partial charge < -0.3 is 15.4 Å². The number of ether oxygens (including phenoxy) is 1. The van der Waals surface area contributed by atoms with Crippen molar-refractivity contribution in [1.82, 2.24) is 5.32 Å². The lowest BCUT2D eigenvalue weighted by molar-refractivity contribution is -0.116. The van der Waals surface area contributed by atoms with E-state index < -0.39 is 6.61 Å². The Morgan fingerprint density at radius 2 is 1.95 bits per heavy atom. The molecule has 0 aliphatic rings.